The van der Waals surface area contributed by atoms with E-state index in [1.807, 2.05) is 0 Å². The molecule has 0 aromatic heterocycles. The molecule has 1 N–H and O–H groups in total. The van der Waals surface area contributed by atoms with E-state index in [-0.39, 0.29) is 5.54 Å². The van der Waals surface area contributed by atoms with Crippen LogP contribution in [-0.2, 0) is 0 Å². The smallest absolute Gasteiger partial charge is 0.0476 e. The number of hydrogen-bond acceptors (Lipinski definition) is 2. The van der Waals surface area contributed by atoms with Crippen LogP contribution in [0.3, 0.4) is 0 Å². The van der Waals surface area contributed by atoms with Crippen LogP contribution < -0.4 is 5.32 Å². The van der Waals surface area contributed by atoms with Gasteiger partial charge >= 0.3 is 0 Å². The Balaban J connectivity index is 2.27. The molecule has 0 aliphatic carbocycles. The van der Waals surface area contributed by atoms with Crippen molar-refractivity contribution in [2.45, 2.75) is 51.2 Å². The summed E-state index contributed by atoms with van der Waals surface area (Å²) in [6, 6.07) is 11.6. The van der Waals surface area contributed by atoms with E-state index in [9.17, 15) is 0 Å². The summed E-state index contributed by atoms with van der Waals surface area (Å²) < 4.78 is 0. The molecular formula is C18H26N2. The molecule has 1 aliphatic heterocycles. The van der Waals surface area contributed by atoms with E-state index >= 15 is 0 Å². The maximum atomic E-state index is 5.57. The van der Waals surface area contributed by atoms with Crippen LogP contribution in [0, 0.1) is 12.3 Å². The lowest BCUT2D eigenvalue weighted by molar-refractivity contribution is 0.0530. The Morgan fingerprint density at radius 3 is 2.70 bits per heavy atom. The molecule has 0 spiro atoms. The van der Waals surface area contributed by atoms with Crippen LogP contribution in [0.5, 0.6) is 0 Å². The summed E-state index contributed by atoms with van der Waals surface area (Å²) in [6.07, 6.45) is 7.50. The van der Waals surface area contributed by atoms with Gasteiger partial charge in [0, 0.05) is 37.1 Å². The largest absolute Gasteiger partial charge is 0.309 e. The minimum atomic E-state index is 0.146. The lowest BCUT2D eigenvalue weighted by Crippen LogP contribution is -2.60. The van der Waals surface area contributed by atoms with Gasteiger partial charge in [-0.1, -0.05) is 37.3 Å². The first kappa shape index (κ1) is 15.1. The normalized spacial score (nSPS) is 24.0. The predicted octanol–water partition coefficient (Wildman–Crippen LogP) is 3.21. The first-order valence-corrected chi connectivity index (χ1v) is 7.56. The van der Waals surface area contributed by atoms with Crippen molar-refractivity contribution in [2.24, 2.45) is 0 Å². The molecule has 0 bridgehead atoms. The molecule has 1 aliphatic rings. The Labute approximate surface area is 123 Å². The summed E-state index contributed by atoms with van der Waals surface area (Å²) in [5.74, 6) is 2.85. The van der Waals surface area contributed by atoms with E-state index in [0.717, 1.165) is 25.9 Å². The number of hydrogen-bond donors (Lipinski definition) is 1. The van der Waals surface area contributed by atoms with E-state index in [4.69, 9.17) is 6.42 Å². The van der Waals surface area contributed by atoms with Gasteiger partial charge in [-0.05, 0) is 25.8 Å². The molecule has 1 saturated heterocycles. The summed E-state index contributed by atoms with van der Waals surface area (Å²) in [5, 5.41) is 3.66. The zero-order valence-corrected chi connectivity index (χ0v) is 12.9. The van der Waals surface area contributed by atoms with Crippen LogP contribution in [0.4, 0.5) is 0 Å². The van der Waals surface area contributed by atoms with Gasteiger partial charge < -0.3 is 5.32 Å². The molecule has 0 amide bonds. The summed E-state index contributed by atoms with van der Waals surface area (Å²) in [5.41, 5.74) is 1.53. The zero-order chi connectivity index (χ0) is 14.6. The maximum Gasteiger partial charge on any atom is 0.0476 e. The van der Waals surface area contributed by atoms with Crippen molar-refractivity contribution >= 4 is 0 Å². The fourth-order valence-corrected chi connectivity index (χ4v) is 3.11. The van der Waals surface area contributed by atoms with E-state index < -0.39 is 0 Å². The Hall–Kier alpha value is -1.30. The molecule has 0 radical (unpaired) electrons. The van der Waals surface area contributed by atoms with Crippen molar-refractivity contribution in [3.8, 4) is 12.3 Å². The van der Waals surface area contributed by atoms with Gasteiger partial charge in [-0.15, -0.1) is 12.3 Å². The zero-order valence-electron chi connectivity index (χ0n) is 12.9. The van der Waals surface area contributed by atoms with E-state index in [0.29, 0.717) is 12.1 Å². The van der Waals surface area contributed by atoms with Gasteiger partial charge in [-0.3, -0.25) is 4.90 Å². The third-order valence-electron chi connectivity index (χ3n) is 4.23. The Kier molecular flexibility index (Phi) is 4.86. The van der Waals surface area contributed by atoms with Gasteiger partial charge in [0.25, 0.3) is 0 Å². The Morgan fingerprint density at radius 2 is 2.10 bits per heavy atom. The third kappa shape index (κ3) is 3.42. The van der Waals surface area contributed by atoms with Crippen LogP contribution in [0.2, 0.25) is 0 Å². The average molecular weight is 270 g/mol. The SMILES string of the molecule is C#CCC(CC)N1CC(C)(C)NCC1c1ccccc1. The Bertz CT molecular complexity index is 458. The number of rotatable bonds is 4. The van der Waals surface area contributed by atoms with Crippen LogP contribution >= 0.6 is 0 Å². The highest BCUT2D eigenvalue weighted by atomic mass is 15.3. The molecule has 2 rings (SSSR count). The summed E-state index contributed by atoms with van der Waals surface area (Å²) in [6.45, 7) is 8.79. The monoisotopic (exact) mass is 270 g/mol. The summed E-state index contributed by atoms with van der Waals surface area (Å²) in [7, 11) is 0. The highest BCUT2D eigenvalue weighted by Crippen LogP contribution is 2.30. The number of benzene rings is 1. The lowest BCUT2D eigenvalue weighted by Gasteiger charge is -2.48. The van der Waals surface area contributed by atoms with Crippen molar-refractivity contribution in [2.75, 3.05) is 13.1 Å². The molecule has 2 unspecified atom stereocenters. The second-order valence-corrected chi connectivity index (χ2v) is 6.33. The van der Waals surface area contributed by atoms with Crippen LogP contribution in [-0.4, -0.2) is 29.6 Å². The number of nitrogens with one attached hydrogen (secondary N) is 1. The maximum absolute atomic E-state index is 5.57. The highest BCUT2D eigenvalue weighted by Gasteiger charge is 2.36. The topological polar surface area (TPSA) is 15.3 Å². The Morgan fingerprint density at radius 1 is 1.40 bits per heavy atom. The summed E-state index contributed by atoms with van der Waals surface area (Å²) in [4.78, 5) is 2.60. The fourth-order valence-electron chi connectivity index (χ4n) is 3.11. The van der Waals surface area contributed by atoms with Crippen molar-refractivity contribution in [1.82, 2.24) is 10.2 Å². The predicted molar refractivity (Wildman–Crippen MR) is 85.5 cm³/mol. The minimum Gasteiger partial charge on any atom is -0.309 e. The van der Waals surface area contributed by atoms with Crippen molar-refractivity contribution in [1.29, 1.82) is 0 Å². The van der Waals surface area contributed by atoms with Gasteiger partial charge in [0.1, 0.15) is 0 Å². The van der Waals surface area contributed by atoms with E-state index in [1.165, 1.54) is 5.56 Å². The molecule has 108 valence electrons. The second-order valence-electron chi connectivity index (χ2n) is 6.33. The van der Waals surface area contributed by atoms with Gasteiger partial charge in [0.15, 0.2) is 0 Å². The van der Waals surface area contributed by atoms with Crippen LogP contribution in [0.15, 0.2) is 30.3 Å². The lowest BCUT2D eigenvalue weighted by atomic mass is 9.92. The van der Waals surface area contributed by atoms with E-state index in [1.54, 1.807) is 0 Å². The standard InChI is InChI=1S/C18H26N2/c1-5-10-16(6-2)20-14-18(3,4)19-13-17(20)15-11-8-7-9-12-15/h1,7-9,11-12,16-17,19H,6,10,13-14H2,2-4H3. The van der Waals surface area contributed by atoms with Crippen molar-refractivity contribution < 1.29 is 0 Å². The highest BCUT2D eigenvalue weighted by molar-refractivity contribution is 5.21. The average Bonchev–Trinajstić information content (AvgIpc) is 2.45. The molecule has 0 saturated carbocycles. The van der Waals surface area contributed by atoms with Gasteiger partial charge in [-0.2, -0.15) is 0 Å². The molecular weight excluding hydrogens is 244 g/mol. The fraction of sp³-hybridized carbons (Fsp3) is 0.556. The molecule has 2 atom stereocenters. The van der Waals surface area contributed by atoms with Gasteiger partial charge in [0.05, 0.1) is 0 Å². The first-order valence-electron chi connectivity index (χ1n) is 7.56. The first-order chi connectivity index (χ1) is 9.57. The quantitative estimate of drug-likeness (QED) is 0.845. The molecule has 1 aromatic carbocycles. The second kappa shape index (κ2) is 6.43. The number of terminal acetylenes is 1. The minimum absolute atomic E-state index is 0.146. The van der Waals surface area contributed by atoms with Gasteiger partial charge in [-0.25, -0.2) is 0 Å². The summed E-state index contributed by atoms with van der Waals surface area (Å²) >= 11 is 0. The van der Waals surface area contributed by atoms with E-state index in [2.05, 4.69) is 67.2 Å². The molecule has 1 fully saturated rings. The van der Waals surface area contributed by atoms with Crippen molar-refractivity contribution in [3.05, 3.63) is 35.9 Å². The molecule has 2 heteroatoms. The molecule has 2 nitrogen and oxygen atoms in total. The molecule has 1 heterocycles. The van der Waals surface area contributed by atoms with Crippen molar-refractivity contribution in [3.63, 3.8) is 0 Å². The van der Waals surface area contributed by atoms with Crippen LogP contribution in [0.1, 0.15) is 45.2 Å². The molecule has 1 aromatic rings. The number of nitrogens with zero attached hydrogens (tertiary/aromatic N) is 1. The van der Waals surface area contributed by atoms with Gasteiger partial charge in [0.2, 0.25) is 0 Å². The molecule has 20 heavy (non-hydrogen) atoms. The van der Waals surface area contributed by atoms with Crippen LogP contribution in [0.25, 0.3) is 0 Å². The number of piperazine rings is 1. The third-order valence-corrected chi connectivity index (χ3v) is 4.23.